The number of nitrogens with zero attached hydrogens (tertiary/aromatic N) is 1. The molecular weight excluding hydrogens is 273 g/mol. The van der Waals surface area contributed by atoms with Crippen molar-refractivity contribution in [1.29, 1.82) is 5.26 Å². The highest BCUT2D eigenvalue weighted by molar-refractivity contribution is 5.35. The average molecular weight is 300 g/mol. The van der Waals surface area contributed by atoms with Crippen LogP contribution in [-0.4, -0.2) is 0 Å². The van der Waals surface area contributed by atoms with Crippen LogP contribution in [0, 0.1) is 34.9 Å². The lowest BCUT2D eigenvalue weighted by molar-refractivity contribution is 0.133. The van der Waals surface area contributed by atoms with Gasteiger partial charge in [-0.15, -0.1) is 0 Å². The summed E-state index contributed by atoms with van der Waals surface area (Å²) in [5, 5.41) is 8.89. The molecule has 0 saturated heterocycles. The van der Waals surface area contributed by atoms with Gasteiger partial charge in [0, 0.05) is 4.11 Å². The molecular formula is C20H24FN. The molecule has 0 amide bonds. The van der Waals surface area contributed by atoms with Crippen molar-refractivity contribution in [3.05, 3.63) is 47.3 Å². The molecule has 2 aliphatic rings. The van der Waals surface area contributed by atoms with Gasteiger partial charge in [-0.25, -0.2) is 4.39 Å². The molecule has 0 radical (unpaired) electrons. The van der Waals surface area contributed by atoms with E-state index in [9.17, 15) is 4.39 Å². The summed E-state index contributed by atoms with van der Waals surface area (Å²) in [5.41, 5.74) is 0.474. The van der Waals surface area contributed by atoms with E-state index >= 15 is 0 Å². The number of hydrogen-bond acceptors (Lipinski definition) is 1. The zero-order chi connectivity index (χ0) is 18.2. The van der Waals surface area contributed by atoms with E-state index < -0.39 is 24.5 Å². The molecule has 0 heterocycles. The predicted octanol–water partition coefficient (Wildman–Crippen LogP) is 5.57. The lowest BCUT2D eigenvalue weighted by Gasteiger charge is -2.41. The maximum Gasteiger partial charge on any atom is 0.141 e. The molecule has 5 unspecified atom stereocenters. The summed E-state index contributed by atoms with van der Waals surface area (Å²) < 4.78 is 39.9. The number of nitriles is 1. The van der Waals surface area contributed by atoms with Gasteiger partial charge in [0.2, 0.25) is 0 Å². The second-order valence-electron chi connectivity index (χ2n) is 6.45. The number of hydrogen-bond donors (Lipinski definition) is 0. The van der Waals surface area contributed by atoms with Crippen molar-refractivity contribution in [2.24, 2.45) is 17.8 Å². The molecule has 2 fully saturated rings. The minimum Gasteiger partial charge on any atom is -0.206 e. The van der Waals surface area contributed by atoms with Crippen LogP contribution in [0.4, 0.5) is 4.39 Å². The summed E-state index contributed by atoms with van der Waals surface area (Å²) >= 11 is 0. The van der Waals surface area contributed by atoms with Crippen LogP contribution in [0.25, 0.3) is 0 Å². The normalized spacial score (nSPS) is 39.3. The van der Waals surface area contributed by atoms with E-state index in [-0.39, 0.29) is 17.4 Å². The minimum absolute atomic E-state index is 0.0358. The van der Waals surface area contributed by atoms with Gasteiger partial charge in [-0.3, -0.25) is 0 Å². The van der Waals surface area contributed by atoms with Gasteiger partial charge in [-0.1, -0.05) is 18.2 Å². The first kappa shape index (κ1) is 11.9. The maximum absolute atomic E-state index is 14.0. The van der Waals surface area contributed by atoms with Gasteiger partial charge in [0.25, 0.3) is 0 Å². The molecule has 0 N–H and O–H groups in total. The Hall–Kier alpha value is -1.62. The van der Waals surface area contributed by atoms with Gasteiger partial charge in [0.05, 0.1) is 5.56 Å². The first-order chi connectivity index (χ1) is 11.9. The molecule has 5 atom stereocenters. The van der Waals surface area contributed by atoms with Crippen molar-refractivity contribution in [2.75, 3.05) is 0 Å². The largest absolute Gasteiger partial charge is 0.206 e. The molecule has 1 aromatic carbocycles. The molecule has 2 aliphatic carbocycles. The Morgan fingerprint density at radius 2 is 2.18 bits per heavy atom. The Balaban J connectivity index is 1.89. The summed E-state index contributed by atoms with van der Waals surface area (Å²) in [6.07, 6.45) is 5.48. The number of fused-ring (bicyclic) bond motifs is 1. The van der Waals surface area contributed by atoms with Gasteiger partial charge in [0.15, 0.2) is 0 Å². The fraction of sp³-hybridized carbons (Fsp3) is 0.550. The van der Waals surface area contributed by atoms with E-state index in [1.807, 2.05) is 6.92 Å². The SMILES string of the molecule is [2H]C1C2CCC(/C=C/C)CC2CC([2H])([2H])C1c1ccc(C#N)c(F)c1. The van der Waals surface area contributed by atoms with E-state index in [1.54, 1.807) is 12.1 Å². The molecule has 0 aromatic heterocycles. The fourth-order valence-electron chi connectivity index (χ4n) is 3.90. The first-order valence-corrected chi connectivity index (χ1v) is 8.12. The van der Waals surface area contributed by atoms with Gasteiger partial charge in [-0.2, -0.15) is 5.26 Å². The molecule has 3 rings (SSSR count). The summed E-state index contributed by atoms with van der Waals surface area (Å²) in [7, 11) is 0. The third-order valence-electron chi connectivity index (χ3n) is 5.06. The van der Waals surface area contributed by atoms with E-state index in [0.717, 1.165) is 19.3 Å². The lowest BCUT2D eigenvalue weighted by Crippen LogP contribution is -2.30. The van der Waals surface area contributed by atoms with Crippen molar-refractivity contribution < 1.29 is 8.50 Å². The molecule has 2 saturated carbocycles. The van der Waals surface area contributed by atoms with Crippen molar-refractivity contribution in [3.8, 4) is 6.07 Å². The molecule has 2 heteroatoms. The van der Waals surface area contributed by atoms with Crippen molar-refractivity contribution in [3.63, 3.8) is 0 Å². The molecule has 0 bridgehead atoms. The van der Waals surface area contributed by atoms with Crippen molar-refractivity contribution >= 4 is 0 Å². The summed E-state index contributed by atoms with van der Waals surface area (Å²) in [6.45, 7) is 2.01. The molecule has 0 aliphatic heterocycles. The third kappa shape index (κ3) is 3.09. The Labute approximate surface area is 137 Å². The molecule has 22 heavy (non-hydrogen) atoms. The fourth-order valence-corrected chi connectivity index (χ4v) is 3.90. The van der Waals surface area contributed by atoms with Crippen LogP contribution in [0.3, 0.4) is 0 Å². The van der Waals surface area contributed by atoms with Crippen LogP contribution >= 0.6 is 0 Å². The Morgan fingerprint density at radius 3 is 2.91 bits per heavy atom. The zero-order valence-electron chi connectivity index (χ0n) is 15.9. The van der Waals surface area contributed by atoms with Crippen molar-refractivity contribution in [1.82, 2.24) is 0 Å². The number of halogens is 1. The monoisotopic (exact) mass is 300 g/mol. The second kappa shape index (κ2) is 6.65. The summed E-state index contributed by atoms with van der Waals surface area (Å²) in [4.78, 5) is 0. The Kier molecular flexibility index (Phi) is 3.59. The molecule has 0 spiro atoms. The molecule has 1 nitrogen and oxygen atoms in total. The standard InChI is InChI=1S/C20H24FN/c1-2-3-14-4-5-16-11-17(7-6-15(16)10-14)18-8-9-19(13-22)20(21)12-18/h2-3,8-9,12,14-17H,4-7,10-11H2,1H3/b3-2+/i7D2,11D. The van der Waals surface area contributed by atoms with E-state index in [0.29, 0.717) is 17.9 Å². The van der Waals surface area contributed by atoms with Gasteiger partial charge in [0.1, 0.15) is 11.9 Å². The summed E-state index contributed by atoms with van der Waals surface area (Å²) in [6, 6.07) is 6.08. The topological polar surface area (TPSA) is 23.8 Å². The number of allylic oxidation sites excluding steroid dienone is 2. The highest BCUT2D eigenvalue weighted by atomic mass is 19.1. The van der Waals surface area contributed by atoms with E-state index in [2.05, 4.69) is 12.2 Å². The van der Waals surface area contributed by atoms with Crippen LogP contribution < -0.4 is 0 Å². The number of benzene rings is 1. The van der Waals surface area contributed by atoms with Crippen LogP contribution in [0.2, 0.25) is 0 Å². The third-order valence-corrected chi connectivity index (χ3v) is 5.06. The van der Waals surface area contributed by atoms with Crippen LogP contribution in [0.5, 0.6) is 0 Å². The first-order valence-electron chi connectivity index (χ1n) is 9.69. The van der Waals surface area contributed by atoms with Crippen molar-refractivity contribution in [2.45, 2.75) is 51.3 Å². The maximum atomic E-state index is 14.0. The number of rotatable bonds is 2. The molecule has 116 valence electrons. The van der Waals surface area contributed by atoms with Crippen LogP contribution in [0.1, 0.15) is 66.5 Å². The van der Waals surface area contributed by atoms with E-state index in [4.69, 9.17) is 9.37 Å². The van der Waals surface area contributed by atoms with Gasteiger partial charge in [-0.05, 0) is 86.7 Å². The Morgan fingerprint density at radius 1 is 1.32 bits per heavy atom. The van der Waals surface area contributed by atoms with Crippen LogP contribution in [-0.2, 0) is 0 Å². The predicted molar refractivity (Wildman–Crippen MR) is 86.8 cm³/mol. The van der Waals surface area contributed by atoms with Gasteiger partial charge >= 0.3 is 0 Å². The quantitative estimate of drug-likeness (QED) is 0.655. The van der Waals surface area contributed by atoms with Crippen LogP contribution in [0.15, 0.2) is 30.4 Å². The minimum atomic E-state index is -1.54. The lowest BCUT2D eigenvalue weighted by atomic mass is 9.64. The molecule has 1 aromatic rings. The van der Waals surface area contributed by atoms with E-state index in [1.165, 1.54) is 12.1 Å². The average Bonchev–Trinajstić information content (AvgIpc) is 2.54. The summed E-state index contributed by atoms with van der Waals surface area (Å²) in [5.74, 6) is -0.407. The highest BCUT2D eigenvalue weighted by Crippen LogP contribution is 2.47. The van der Waals surface area contributed by atoms with Gasteiger partial charge < -0.3 is 0 Å². The Bertz CT molecular complexity index is 709. The second-order valence-corrected chi connectivity index (χ2v) is 6.45. The smallest absolute Gasteiger partial charge is 0.141 e. The highest BCUT2D eigenvalue weighted by Gasteiger charge is 2.35. The zero-order valence-corrected chi connectivity index (χ0v) is 12.9.